The Morgan fingerprint density at radius 2 is 2.19 bits per heavy atom. The molecule has 1 heterocycles. The van der Waals surface area contributed by atoms with Crippen LogP contribution < -0.4 is 10.1 Å². The third-order valence-electron chi connectivity index (χ3n) is 2.70. The van der Waals surface area contributed by atoms with Gasteiger partial charge in [-0.2, -0.15) is 0 Å². The summed E-state index contributed by atoms with van der Waals surface area (Å²) in [7, 11) is 0. The summed E-state index contributed by atoms with van der Waals surface area (Å²) in [4.78, 5) is 14.0. The first-order valence-electron chi connectivity index (χ1n) is 6.35. The van der Waals surface area contributed by atoms with E-state index in [9.17, 15) is 14.5 Å². The van der Waals surface area contributed by atoms with E-state index in [2.05, 4.69) is 10.3 Å². The maximum absolute atomic E-state index is 13.7. The number of anilines is 1. The summed E-state index contributed by atoms with van der Waals surface area (Å²) in [5, 5.41) is 13.7. The Bertz CT molecular complexity index is 649. The zero-order chi connectivity index (χ0) is 15.2. The minimum Gasteiger partial charge on any atom is -0.484 e. The number of halogens is 1. The van der Waals surface area contributed by atoms with Crippen LogP contribution in [0.3, 0.4) is 0 Å². The normalized spacial score (nSPS) is 10.2. The van der Waals surface area contributed by atoms with Gasteiger partial charge in [-0.1, -0.05) is 0 Å². The summed E-state index contributed by atoms with van der Waals surface area (Å²) in [6, 6.07) is 6.88. The lowest BCUT2D eigenvalue weighted by molar-refractivity contribution is -0.385. The number of non-ortho nitro benzene ring substituents is 1. The molecule has 1 aromatic carbocycles. The Morgan fingerprint density at radius 1 is 1.38 bits per heavy atom. The SMILES string of the molecule is CCNc1ccnc(COc2ccc([N+](=O)[O-])cc2F)c1. The average molecular weight is 291 g/mol. The lowest BCUT2D eigenvalue weighted by Crippen LogP contribution is -2.02. The van der Waals surface area contributed by atoms with E-state index in [1.165, 1.54) is 12.1 Å². The zero-order valence-electron chi connectivity index (χ0n) is 11.4. The highest BCUT2D eigenvalue weighted by Crippen LogP contribution is 2.23. The standard InChI is InChI=1S/C14H14FN3O3/c1-2-16-10-5-6-17-11(7-10)9-21-14-4-3-12(18(19)20)8-13(14)15/h3-8H,2,9H2,1H3,(H,16,17). The van der Waals surface area contributed by atoms with Gasteiger partial charge in [0.1, 0.15) is 6.61 Å². The molecule has 0 fully saturated rings. The van der Waals surface area contributed by atoms with E-state index in [0.717, 1.165) is 18.3 Å². The van der Waals surface area contributed by atoms with E-state index in [1.54, 1.807) is 12.3 Å². The number of hydrogen-bond donors (Lipinski definition) is 1. The van der Waals surface area contributed by atoms with Gasteiger partial charge in [0.15, 0.2) is 11.6 Å². The smallest absolute Gasteiger partial charge is 0.272 e. The van der Waals surface area contributed by atoms with Crippen molar-refractivity contribution < 1.29 is 14.1 Å². The average Bonchev–Trinajstić information content (AvgIpc) is 2.46. The fourth-order valence-electron chi connectivity index (χ4n) is 1.74. The molecule has 0 atom stereocenters. The van der Waals surface area contributed by atoms with E-state index in [4.69, 9.17) is 4.74 Å². The van der Waals surface area contributed by atoms with E-state index in [0.29, 0.717) is 5.69 Å². The Kier molecular flexibility index (Phi) is 4.65. The molecule has 0 saturated carbocycles. The highest BCUT2D eigenvalue weighted by molar-refractivity contribution is 5.43. The van der Waals surface area contributed by atoms with Crippen LogP contribution in [0, 0.1) is 15.9 Å². The summed E-state index contributed by atoms with van der Waals surface area (Å²) < 4.78 is 19.0. The molecule has 0 unspecified atom stereocenters. The topological polar surface area (TPSA) is 77.3 Å². The van der Waals surface area contributed by atoms with Crippen molar-refractivity contribution in [1.82, 2.24) is 4.98 Å². The van der Waals surface area contributed by atoms with E-state index >= 15 is 0 Å². The molecule has 2 aromatic rings. The molecule has 0 saturated heterocycles. The number of nitro benzene ring substituents is 1. The van der Waals surface area contributed by atoms with Crippen LogP contribution in [0.5, 0.6) is 5.75 Å². The third-order valence-corrected chi connectivity index (χ3v) is 2.70. The van der Waals surface area contributed by atoms with Gasteiger partial charge in [0.05, 0.1) is 16.7 Å². The Morgan fingerprint density at radius 3 is 2.86 bits per heavy atom. The van der Waals surface area contributed by atoms with Crippen LogP contribution >= 0.6 is 0 Å². The maximum atomic E-state index is 13.7. The molecule has 6 nitrogen and oxygen atoms in total. The maximum Gasteiger partial charge on any atom is 0.272 e. The van der Waals surface area contributed by atoms with Gasteiger partial charge < -0.3 is 10.1 Å². The Balaban J connectivity index is 2.06. The number of nitrogens with zero attached hydrogens (tertiary/aromatic N) is 2. The molecule has 0 aliphatic carbocycles. The summed E-state index contributed by atoms with van der Waals surface area (Å²) in [5.41, 5.74) is 1.22. The van der Waals surface area contributed by atoms with Crippen molar-refractivity contribution in [2.75, 3.05) is 11.9 Å². The van der Waals surface area contributed by atoms with Gasteiger partial charge in [-0.05, 0) is 25.1 Å². The zero-order valence-corrected chi connectivity index (χ0v) is 11.4. The molecule has 0 aliphatic heterocycles. The first kappa shape index (κ1) is 14.7. The molecule has 1 aromatic heterocycles. The van der Waals surface area contributed by atoms with Gasteiger partial charge in [0.2, 0.25) is 0 Å². The van der Waals surface area contributed by atoms with Crippen molar-refractivity contribution in [3.63, 3.8) is 0 Å². The van der Waals surface area contributed by atoms with Crippen molar-refractivity contribution in [2.45, 2.75) is 13.5 Å². The van der Waals surface area contributed by atoms with E-state index in [-0.39, 0.29) is 18.0 Å². The molecule has 110 valence electrons. The third kappa shape index (κ3) is 3.88. The lowest BCUT2D eigenvalue weighted by Gasteiger charge is -2.08. The molecule has 1 N–H and O–H groups in total. The quantitative estimate of drug-likeness (QED) is 0.653. The molecule has 2 rings (SSSR count). The predicted molar refractivity (Wildman–Crippen MR) is 75.8 cm³/mol. The van der Waals surface area contributed by atoms with Gasteiger partial charge in [-0.3, -0.25) is 15.1 Å². The second-order valence-corrected chi connectivity index (χ2v) is 4.23. The number of hydrogen-bond acceptors (Lipinski definition) is 5. The molecule has 0 aliphatic rings. The van der Waals surface area contributed by atoms with Crippen LogP contribution in [-0.4, -0.2) is 16.5 Å². The number of pyridine rings is 1. The van der Waals surface area contributed by atoms with Crippen molar-refractivity contribution in [3.05, 3.63) is 58.2 Å². The fourth-order valence-corrected chi connectivity index (χ4v) is 1.74. The van der Waals surface area contributed by atoms with Crippen LogP contribution in [0.1, 0.15) is 12.6 Å². The van der Waals surface area contributed by atoms with Crippen molar-refractivity contribution in [1.29, 1.82) is 0 Å². The molecular formula is C14H14FN3O3. The molecule has 0 bridgehead atoms. The van der Waals surface area contributed by atoms with Crippen molar-refractivity contribution in [3.8, 4) is 5.75 Å². The fraction of sp³-hybridized carbons (Fsp3) is 0.214. The first-order chi connectivity index (χ1) is 10.1. The second-order valence-electron chi connectivity index (χ2n) is 4.23. The van der Waals surface area contributed by atoms with Crippen LogP contribution in [0.4, 0.5) is 15.8 Å². The molecular weight excluding hydrogens is 277 g/mol. The second kappa shape index (κ2) is 6.65. The van der Waals surface area contributed by atoms with Crippen LogP contribution in [0.25, 0.3) is 0 Å². The Hall–Kier alpha value is -2.70. The van der Waals surface area contributed by atoms with Crippen molar-refractivity contribution >= 4 is 11.4 Å². The van der Waals surface area contributed by atoms with Crippen LogP contribution in [0.2, 0.25) is 0 Å². The first-order valence-corrected chi connectivity index (χ1v) is 6.35. The van der Waals surface area contributed by atoms with Crippen LogP contribution in [-0.2, 0) is 6.61 Å². The minimum atomic E-state index is -0.771. The number of ether oxygens (including phenoxy) is 1. The lowest BCUT2D eigenvalue weighted by atomic mass is 10.3. The van der Waals surface area contributed by atoms with E-state index in [1.807, 2.05) is 13.0 Å². The molecule has 0 amide bonds. The highest BCUT2D eigenvalue weighted by Gasteiger charge is 2.11. The number of benzene rings is 1. The van der Waals surface area contributed by atoms with Gasteiger partial charge in [0, 0.05) is 24.5 Å². The summed E-state index contributed by atoms with van der Waals surface area (Å²) in [6.45, 7) is 2.83. The number of aromatic nitrogens is 1. The number of nitro groups is 1. The monoisotopic (exact) mass is 291 g/mol. The van der Waals surface area contributed by atoms with Crippen LogP contribution in [0.15, 0.2) is 36.5 Å². The number of nitrogens with one attached hydrogen (secondary N) is 1. The van der Waals surface area contributed by atoms with Crippen molar-refractivity contribution in [2.24, 2.45) is 0 Å². The Labute approximate surface area is 120 Å². The molecule has 0 spiro atoms. The summed E-state index contributed by atoms with van der Waals surface area (Å²) in [5.74, 6) is -0.816. The van der Waals surface area contributed by atoms with Gasteiger partial charge >= 0.3 is 0 Å². The summed E-state index contributed by atoms with van der Waals surface area (Å²) in [6.07, 6.45) is 1.63. The molecule has 0 radical (unpaired) electrons. The van der Waals surface area contributed by atoms with Gasteiger partial charge in [-0.15, -0.1) is 0 Å². The van der Waals surface area contributed by atoms with E-state index < -0.39 is 10.7 Å². The molecule has 7 heteroatoms. The minimum absolute atomic E-state index is 0.0451. The predicted octanol–water partition coefficient (Wildman–Crippen LogP) is 3.14. The van der Waals surface area contributed by atoms with Gasteiger partial charge in [-0.25, -0.2) is 4.39 Å². The number of rotatable bonds is 6. The largest absolute Gasteiger partial charge is 0.484 e. The summed E-state index contributed by atoms with van der Waals surface area (Å²) >= 11 is 0. The van der Waals surface area contributed by atoms with Gasteiger partial charge in [0.25, 0.3) is 5.69 Å². The molecule has 21 heavy (non-hydrogen) atoms. The highest BCUT2D eigenvalue weighted by atomic mass is 19.1.